The number of benzene rings is 3. The van der Waals surface area contributed by atoms with Crippen LogP contribution in [0.3, 0.4) is 0 Å². The van der Waals surface area contributed by atoms with Crippen LogP contribution in [0.2, 0.25) is 5.02 Å². The van der Waals surface area contributed by atoms with Crippen molar-refractivity contribution in [1.82, 2.24) is 0 Å². The Morgan fingerprint density at radius 2 is 1.53 bits per heavy atom. The Balaban J connectivity index is 1.50. The van der Waals surface area contributed by atoms with Crippen molar-refractivity contribution in [3.63, 3.8) is 0 Å². The summed E-state index contributed by atoms with van der Waals surface area (Å²) in [5.41, 5.74) is 2.16. The minimum Gasteiger partial charge on any atom is -0.323 e. The highest BCUT2D eigenvalue weighted by Gasteiger charge is 2.23. The fourth-order valence-electron chi connectivity index (χ4n) is 3.01. The van der Waals surface area contributed by atoms with Gasteiger partial charge in [0.2, 0.25) is 5.91 Å². The third-order valence-electron chi connectivity index (χ3n) is 4.58. The van der Waals surface area contributed by atoms with Crippen molar-refractivity contribution in [2.24, 2.45) is 0 Å². The molecule has 2 N–H and O–H groups in total. The van der Waals surface area contributed by atoms with Crippen molar-refractivity contribution in [3.8, 4) is 0 Å². The zero-order valence-electron chi connectivity index (χ0n) is 16.8. The molecule has 3 aromatic carbocycles. The number of amides is 2. The van der Waals surface area contributed by atoms with E-state index in [2.05, 4.69) is 10.6 Å². The molecule has 0 aliphatic heterocycles. The van der Waals surface area contributed by atoms with Gasteiger partial charge in [-0.3, -0.25) is 9.59 Å². The van der Waals surface area contributed by atoms with Gasteiger partial charge in [-0.15, -0.1) is 23.1 Å². The highest BCUT2D eigenvalue weighted by molar-refractivity contribution is 8.00. The fraction of sp³-hybridized carbons (Fsp3) is 0.0400. The molecular formula is C25H19ClN2O2S2. The highest BCUT2D eigenvalue weighted by Crippen LogP contribution is 2.37. The molecule has 4 nitrogen and oxygen atoms in total. The number of hydrogen-bond acceptors (Lipinski definition) is 4. The molecule has 0 fully saturated rings. The van der Waals surface area contributed by atoms with E-state index < -0.39 is 5.25 Å². The zero-order chi connectivity index (χ0) is 22.3. The van der Waals surface area contributed by atoms with Crippen LogP contribution in [-0.4, -0.2) is 11.8 Å². The predicted molar refractivity (Wildman–Crippen MR) is 134 cm³/mol. The average Bonchev–Trinajstić information content (AvgIpc) is 3.36. The molecule has 4 aromatic rings. The van der Waals surface area contributed by atoms with Gasteiger partial charge in [-0.2, -0.15) is 0 Å². The molecule has 32 heavy (non-hydrogen) atoms. The van der Waals surface area contributed by atoms with E-state index in [-0.39, 0.29) is 11.8 Å². The number of nitrogens with one attached hydrogen (secondary N) is 2. The lowest BCUT2D eigenvalue weighted by Gasteiger charge is -2.18. The van der Waals surface area contributed by atoms with Gasteiger partial charge >= 0.3 is 0 Å². The number of halogens is 1. The van der Waals surface area contributed by atoms with Crippen LogP contribution in [0.5, 0.6) is 0 Å². The van der Waals surface area contributed by atoms with E-state index in [1.54, 1.807) is 18.2 Å². The van der Waals surface area contributed by atoms with E-state index in [1.807, 2.05) is 78.2 Å². The molecule has 0 spiro atoms. The first-order chi connectivity index (χ1) is 15.6. The summed E-state index contributed by atoms with van der Waals surface area (Å²) in [6.45, 7) is 0. The second-order valence-electron chi connectivity index (χ2n) is 6.83. The third-order valence-corrected chi connectivity index (χ3v) is 7.05. The monoisotopic (exact) mass is 478 g/mol. The maximum atomic E-state index is 13.2. The van der Waals surface area contributed by atoms with E-state index in [1.165, 1.54) is 23.1 Å². The van der Waals surface area contributed by atoms with Gasteiger partial charge in [-0.1, -0.05) is 60.1 Å². The number of carbonyl (C=O) groups is 2. The Labute approximate surface area is 199 Å². The summed E-state index contributed by atoms with van der Waals surface area (Å²) < 4.78 is 0. The SMILES string of the molecule is O=C(Nc1ccc(SC(C(=O)Nc2ccccc2Cl)c2ccccc2)cc1)c1cccs1. The van der Waals surface area contributed by atoms with Crippen LogP contribution in [0.25, 0.3) is 0 Å². The molecule has 1 unspecified atom stereocenters. The molecule has 0 saturated carbocycles. The summed E-state index contributed by atoms with van der Waals surface area (Å²) in [6, 6.07) is 27.9. The minimum atomic E-state index is -0.473. The molecule has 0 aliphatic rings. The number of rotatable bonds is 7. The van der Waals surface area contributed by atoms with E-state index >= 15 is 0 Å². The molecular weight excluding hydrogens is 460 g/mol. The number of hydrogen-bond donors (Lipinski definition) is 2. The molecule has 1 atom stereocenters. The number of para-hydroxylation sites is 1. The molecule has 0 radical (unpaired) electrons. The van der Waals surface area contributed by atoms with Crippen molar-refractivity contribution in [2.75, 3.05) is 10.6 Å². The lowest BCUT2D eigenvalue weighted by molar-refractivity contribution is -0.115. The Morgan fingerprint density at radius 3 is 2.22 bits per heavy atom. The summed E-state index contributed by atoms with van der Waals surface area (Å²) >= 11 is 9.05. The minimum absolute atomic E-state index is 0.137. The standard InChI is InChI=1S/C25H19ClN2O2S2/c26-20-9-4-5-10-21(20)28-25(30)23(17-7-2-1-3-8-17)32-19-14-12-18(13-15-19)27-24(29)22-11-6-16-31-22/h1-16,23H,(H,27,29)(H,28,30). The fourth-order valence-corrected chi connectivity index (χ4v) is 4.84. The average molecular weight is 479 g/mol. The summed E-state index contributed by atoms with van der Waals surface area (Å²) in [6.07, 6.45) is 0. The first-order valence-electron chi connectivity index (χ1n) is 9.82. The zero-order valence-corrected chi connectivity index (χ0v) is 19.2. The van der Waals surface area contributed by atoms with Gasteiger partial charge in [-0.25, -0.2) is 0 Å². The predicted octanol–water partition coefficient (Wildman–Crippen LogP) is 7.13. The third kappa shape index (κ3) is 5.59. The quantitative estimate of drug-likeness (QED) is 0.278. The van der Waals surface area contributed by atoms with Gasteiger partial charge in [0.05, 0.1) is 15.6 Å². The number of carbonyl (C=O) groups excluding carboxylic acids is 2. The van der Waals surface area contributed by atoms with Crippen molar-refractivity contribution in [1.29, 1.82) is 0 Å². The van der Waals surface area contributed by atoms with Crippen LogP contribution in [0.15, 0.2) is 101 Å². The lowest BCUT2D eigenvalue weighted by atomic mass is 10.1. The Bertz CT molecular complexity index is 1200. The largest absolute Gasteiger partial charge is 0.323 e. The smallest absolute Gasteiger partial charge is 0.265 e. The summed E-state index contributed by atoms with van der Waals surface area (Å²) in [4.78, 5) is 27.0. The highest BCUT2D eigenvalue weighted by atomic mass is 35.5. The number of anilines is 2. The Hall–Kier alpha value is -3.06. The molecule has 160 valence electrons. The van der Waals surface area contributed by atoms with Gasteiger partial charge < -0.3 is 10.6 Å². The maximum Gasteiger partial charge on any atom is 0.265 e. The second-order valence-corrected chi connectivity index (χ2v) is 9.37. The van der Waals surface area contributed by atoms with Crippen molar-refractivity contribution >= 4 is 57.9 Å². The Kier molecular flexibility index (Phi) is 7.27. The van der Waals surface area contributed by atoms with E-state index in [9.17, 15) is 9.59 Å². The topological polar surface area (TPSA) is 58.2 Å². The van der Waals surface area contributed by atoms with E-state index in [0.717, 1.165) is 10.5 Å². The van der Waals surface area contributed by atoms with Crippen LogP contribution in [0.1, 0.15) is 20.5 Å². The molecule has 2 amide bonds. The van der Waals surface area contributed by atoms with Gasteiger partial charge in [0.25, 0.3) is 5.91 Å². The normalized spacial score (nSPS) is 11.5. The molecule has 4 rings (SSSR count). The molecule has 0 bridgehead atoms. The molecule has 0 saturated heterocycles. The van der Waals surface area contributed by atoms with Gasteiger partial charge in [0.1, 0.15) is 5.25 Å². The Morgan fingerprint density at radius 1 is 0.812 bits per heavy atom. The summed E-state index contributed by atoms with van der Waals surface area (Å²) in [7, 11) is 0. The van der Waals surface area contributed by atoms with Crippen molar-refractivity contribution in [2.45, 2.75) is 10.1 Å². The van der Waals surface area contributed by atoms with Gasteiger partial charge in [0, 0.05) is 10.6 Å². The number of thiophene rings is 1. The number of thioether (sulfide) groups is 1. The van der Waals surface area contributed by atoms with Crippen LogP contribution < -0.4 is 10.6 Å². The van der Waals surface area contributed by atoms with E-state index in [0.29, 0.717) is 21.3 Å². The summed E-state index contributed by atoms with van der Waals surface area (Å²) in [5, 5.41) is 7.70. The molecule has 0 aliphatic carbocycles. The van der Waals surface area contributed by atoms with Crippen LogP contribution in [0.4, 0.5) is 11.4 Å². The van der Waals surface area contributed by atoms with Crippen LogP contribution in [-0.2, 0) is 4.79 Å². The van der Waals surface area contributed by atoms with Crippen molar-refractivity contribution in [3.05, 3.63) is 112 Å². The summed E-state index contributed by atoms with van der Waals surface area (Å²) in [5.74, 6) is -0.300. The van der Waals surface area contributed by atoms with Gasteiger partial charge in [-0.05, 0) is 53.4 Å². The van der Waals surface area contributed by atoms with Crippen LogP contribution >= 0.6 is 34.7 Å². The van der Waals surface area contributed by atoms with Crippen molar-refractivity contribution < 1.29 is 9.59 Å². The molecule has 1 heterocycles. The molecule has 7 heteroatoms. The molecule has 1 aromatic heterocycles. The van der Waals surface area contributed by atoms with E-state index in [4.69, 9.17) is 11.6 Å². The second kappa shape index (κ2) is 10.5. The van der Waals surface area contributed by atoms with Crippen LogP contribution in [0, 0.1) is 0 Å². The first-order valence-corrected chi connectivity index (χ1v) is 12.0. The van der Waals surface area contributed by atoms with Gasteiger partial charge in [0.15, 0.2) is 0 Å². The lowest BCUT2D eigenvalue weighted by Crippen LogP contribution is -2.19. The maximum absolute atomic E-state index is 13.2. The first kappa shape index (κ1) is 22.1.